The molecule has 0 spiro atoms. The van der Waals surface area contributed by atoms with E-state index in [0.717, 1.165) is 36.7 Å². The molecule has 0 bridgehead atoms. The fraction of sp³-hybridized carbons (Fsp3) is 0.579. The third kappa shape index (κ3) is 3.87. The number of halogens is 1. The number of rotatable bonds is 5. The number of likely N-dealkylation sites (tertiary alicyclic amines) is 1. The smallest absolute Gasteiger partial charge is 0.325 e. The van der Waals surface area contributed by atoms with Crippen LogP contribution in [-0.2, 0) is 10.3 Å². The first-order valence-corrected chi connectivity index (χ1v) is 9.48. The summed E-state index contributed by atoms with van der Waals surface area (Å²) in [7, 11) is 0. The summed E-state index contributed by atoms with van der Waals surface area (Å²) in [5, 5.41) is 13.7. The topological polar surface area (TPSA) is 72.9 Å². The Morgan fingerprint density at radius 3 is 2.46 bits per heavy atom. The van der Waals surface area contributed by atoms with Gasteiger partial charge in [-0.3, -0.25) is 9.69 Å². The van der Waals surface area contributed by atoms with Crippen molar-refractivity contribution in [1.29, 1.82) is 0 Å². The highest BCUT2D eigenvalue weighted by Gasteiger charge is 2.49. The number of amides is 3. The minimum absolute atomic E-state index is 0.0000992. The minimum Gasteiger partial charge on any atom is -0.390 e. The lowest BCUT2D eigenvalue weighted by Crippen LogP contribution is -2.45. The number of piperidine rings is 1. The Morgan fingerprint density at radius 1 is 1.23 bits per heavy atom. The zero-order chi connectivity index (χ0) is 18.9. The van der Waals surface area contributed by atoms with Crippen LogP contribution < -0.4 is 5.32 Å². The Morgan fingerprint density at radius 2 is 1.85 bits per heavy atom. The van der Waals surface area contributed by atoms with Crippen LogP contribution in [0.5, 0.6) is 0 Å². The monoisotopic (exact) mass is 379 g/mol. The van der Waals surface area contributed by atoms with Gasteiger partial charge in [0.25, 0.3) is 5.91 Å². The maximum Gasteiger partial charge on any atom is 0.325 e. The van der Waals surface area contributed by atoms with Crippen LogP contribution in [0.2, 0.25) is 5.02 Å². The number of β-amino-alcohol motifs (C(OH)–C–C–N with tert-alkyl or cyclic N) is 1. The second-order valence-corrected chi connectivity index (χ2v) is 8.05. The van der Waals surface area contributed by atoms with E-state index in [0.29, 0.717) is 17.1 Å². The molecule has 142 valence electrons. The van der Waals surface area contributed by atoms with Crippen LogP contribution in [0, 0.1) is 5.92 Å². The number of urea groups is 1. The van der Waals surface area contributed by atoms with E-state index in [1.807, 2.05) is 0 Å². The number of aliphatic hydroxyl groups excluding tert-OH is 1. The first-order valence-electron chi connectivity index (χ1n) is 9.10. The van der Waals surface area contributed by atoms with Crippen LogP contribution in [0.15, 0.2) is 24.3 Å². The van der Waals surface area contributed by atoms with Gasteiger partial charge in [0.1, 0.15) is 5.54 Å². The van der Waals surface area contributed by atoms with E-state index in [2.05, 4.69) is 17.1 Å². The van der Waals surface area contributed by atoms with Crippen molar-refractivity contribution in [1.82, 2.24) is 15.1 Å². The number of benzene rings is 1. The van der Waals surface area contributed by atoms with Gasteiger partial charge >= 0.3 is 6.03 Å². The molecule has 2 aliphatic heterocycles. The van der Waals surface area contributed by atoms with Crippen LogP contribution in [0.1, 0.15) is 32.3 Å². The molecule has 1 aromatic carbocycles. The number of aliphatic hydroxyl groups is 1. The van der Waals surface area contributed by atoms with E-state index < -0.39 is 17.7 Å². The van der Waals surface area contributed by atoms with E-state index >= 15 is 0 Å². The van der Waals surface area contributed by atoms with Crippen LogP contribution in [0.3, 0.4) is 0 Å². The molecule has 2 aliphatic rings. The molecule has 0 saturated carbocycles. The highest BCUT2D eigenvalue weighted by molar-refractivity contribution is 6.30. The van der Waals surface area contributed by atoms with E-state index in [9.17, 15) is 14.7 Å². The maximum atomic E-state index is 12.9. The first kappa shape index (κ1) is 19.1. The second kappa shape index (κ2) is 7.55. The fourth-order valence-electron chi connectivity index (χ4n) is 3.65. The standard InChI is InChI=1S/C19H26ClN3O3/c1-13-7-9-22(10-8-13)11-16(24)12-23-17(25)19(2,21-18(23)26)14-3-5-15(20)6-4-14/h3-6,13,16,24H,7-12H2,1-2H3,(H,21,26). The van der Waals surface area contributed by atoms with Gasteiger partial charge in [-0.05, 0) is 56.5 Å². The third-order valence-electron chi connectivity index (χ3n) is 5.44. The van der Waals surface area contributed by atoms with Crippen molar-refractivity contribution >= 4 is 23.5 Å². The van der Waals surface area contributed by atoms with Gasteiger partial charge in [-0.15, -0.1) is 0 Å². The summed E-state index contributed by atoms with van der Waals surface area (Å²) in [5.74, 6) is 0.366. The predicted octanol–water partition coefficient (Wildman–Crippen LogP) is 2.20. The van der Waals surface area contributed by atoms with Gasteiger partial charge in [-0.2, -0.15) is 0 Å². The Bertz CT molecular complexity index is 673. The average Bonchev–Trinajstić information content (AvgIpc) is 2.82. The van der Waals surface area contributed by atoms with E-state index in [4.69, 9.17) is 11.6 Å². The molecule has 1 aromatic rings. The summed E-state index contributed by atoms with van der Waals surface area (Å²) in [6, 6.07) is 6.37. The summed E-state index contributed by atoms with van der Waals surface area (Å²) in [6.07, 6.45) is 1.47. The van der Waals surface area contributed by atoms with Crippen molar-refractivity contribution in [2.45, 2.75) is 38.3 Å². The van der Waals surface area contributed by atoms with Gasteiger partial charge < -0.3 is 15.3 Å². The van der Waals surface area contributed by atoms with Crippen molar-refractivity contribution in [2.75, 3.05) is 26.2 Å². The molecule has 0 aromatic heterocycles. The largest absolute Gasteiger partial charge is 0.390 e. The summed E-state index contributed by atoms with van der Waals surface area (Å²) in [4.78, 5) is 28.5. The van der Waals surface area contributed by atoms with Crippen molar-refractivity contribution in [3.8, 4) is 0 Å². The molecule has 2 saturated heterocycles. The number of nitrogens with one attached hydrogen (secondary N) is 1. The molecule has 6 nitrogen and oxygen atoms in total. The Kier molecular flexibility index (Phi) is 5.55. The lowest BCUT2D eigenvalue weighted by molar-refractivity contribution is -0.132. The Labute approximate surface area is 159 Å². The maximum absolute atomic E-state index is 12.9. The Hall–Kier alpha value is -1.63. The zero-order valence-electron chi connectivity index (χ0n) is 15.2. The summed E-state index contributed by atoms with van der Waals surface area (Å²) in [6.45, 7) is 6.27. The number of hydrogen-bond acceptors (Lipinski definition) is 4. The summed E-state index contributed by atoms with van der Waals surface area (Å²) in [5.41, 5.74) is -0.468. The normalized spacial score (nSPS) is 26.2. The summed E-state index contributed by atoms with van der Waals surface area (Å²) >= 11 is 5.91. The molecule has 26 heavy (non-hydrogen) atoms. The van der Waals surface area contributed by atoms with E-state index in [1.165, 1.54) is 0 Å². The van der Waals surface area contributed by atoms with Crippen LogP contribution in [0.25, 0.3) is 0 Å². The van der Waals surface area contributed by atoms with Crippen molar-refractivity contribution in [3.63, 3.8) is 0 Å². The van der Waals surface area contributed by atoms with Crippen LogP contribution in [0.4, 0.5) is 4.79 Å². The highest BCUT2D eigenvalue weighted by Crippen LogP contribution is 2.29. The number of nitrogens with zero attached hydrogens (tertiary/aromatic N) is 2. The van der Waals surface area contributed by atoms with Gasteiger partial charge in [0.15, 0.2) is 0 Å². The Balaban J connectivity index is 1.64. The van der Waals surface area contributed by atoms with E-state index in [-0.39, 0.29) is 12.5 Å². The molecule has 3 amide bonds. The minimum atomic E-state index is -1.14. The van der Waals surface area contributed by atoms with Gasteiger partial charge in [0.05, 0.1) is 12.6 Å². The number of imide groups is 1. The molecule has 2 N–H and O–H groups in total. The van der Waals surface area contributed by atoms with Crippen molar-refractivity contribution in [2.24, 2.45) is 5.92 Å². The second-order valence-electron chi connectivity index (χ2n) is 7.61. The van der Waals surface area contributed by atoms with Gasteiger partial charge in [0.2, 0.25) is 0 Å². The first-order chi connectivity index (χ1) is 12.3. The highest BCUT2D eigenvalue weighted by atomic mass is 35.5. The van der Waals surface area contributed by atoms with Gasteiger partial charge in [-0.25, -0.2) is 4.79 Å². The fourth-order valence-corrected chi connectivity index (χ4v) is 3.78. The van der Waals surface area contributed by atoms with Crippen molar-refractivity contribution in [3.05, 3.63) is 34.9 Å². The number of carbonyl (C=O) groups excluding carboxylic acids is 2. The van der Waals surface area contributed by atoms with Crippen LogP contribution >= 0.6 is 11.6 Å². The predicted molar refractivity (Wildman–Crippen MR) is 99.9 cm³/mol. The molecular formula is C19H26ClN3O3. The lowest BCUT2D eigenvalue weighted by Gasteiger charge is -2.32. The average molecular weight is 380 g/mol. The molecule has 0 aliphatic carbocycles. The van der Waals surface area contributed by atoms with Gasteiger partial charge in [0, 0.05) is 11.6 Å². The number of carbonyl (C=O) groups is 2. The SMILES string of the molecule is CC1CCN(CC(O)CN2C(=O)NC(C)(c3ccc(Cl)cc3)C2=O)CC1. The molecule has 2 atom stereocenters. The molecule has 2 heterocycles. The van der Waals surface area contributed by atoms with Crippen LogP contribution in [-0.4, -0.2) is 59.1 Å². The molecular weight excluding hydrogens is 354 g/mol. The molecule has 0 radical (unpaired) electrons. The molecule has 2 unspecified atom stereocenters. The van der Waals surface area contributed by atoms with Gasteiger partial charge in [-0.1, -0.05) is 30.7 Å². The number of hydrogen-bond donors (Lipinski definition) is 2. The molecule has 2 fully saturated rings. The van der Waals surface area contributed by atoms with Crippen molar-refractivity contribution < 1.29 is 14.7 Å². The lowest BCUT2D eigenvalue weighted by atomic mass is 9.92. The third-order valence-corrected chi connectivity index (χ3v) is 5.69. The zero-order valence-corrected chi connectivity index (χ0v) is 16.0. The van der Waals surface area contributed by atoms with E-state index in [1.54, 1.807) is 31.2 Å². The summed E-state index contributed by atoms with van der Waals surface area (Å²) < 4.78 is 0. The quantitative estimate of drug-likeness (QED) is 0.769. The molecule has 3 rings (SSSR count). The molecule has 7 heteroatoms.